The zero-order valence-corrected chi connectivity index (χ0v) is 10.8. The summed E-state index contributed by atoms with van der Waals surface area (Å²) in [5, 5.41) is 2.44. The molecule has 0 unspecified atom stereocenters. The van der Waals surface area contributed by atoms with Crippen LogP contribution in [0.4, 0.5) is 0 Å². The highest BCUT2D eigenvalue weighted by molar-refractivity contribution is 5.88. The summed E-state index contributed by atoms with van der Waals surface area (Å²) in [7, 11) is 2.50. The molecule has 0 aromatic carbocycles. The molecule has 0 saturated carbocycles. The lowest BCUT2D eigenvalue weighted by atomic mass is 9.89. The van der Waals surface area contributed by atoms with Gasteiger partial charge in [-0.2, -0.15) is 0 Å². The molecule has 0 radical (unpaired) electrons. The van der Waals surface area contributed by atoms with Gasteiger partial charge in [0.15, 0.2) is 0 Å². The fourth-order valence-electron chi connectivity index (χ4n) is 1.28. The van der Waals surface area contributed by atoms with E-state index >= 15 is 0 Å². The van der Waals surface area contributed by atoms with Gasteiger partial charge in [0.25, 0.3) is 0 Å². The van der Waals surface area contributed by atoms with Crippen LogP contribution in [0, 0.1) is 5.41 Å². The van der Waals surface area contributed by atoms with Crippen molar-refractivity contribution in [2.24, 2.45) is 5.41 Å². The molecule has 0 aromatic rings. The molecule has 0 aliphatic heterocycles. The highest BCUT2D eigenvalue weighted by atomic mass is 16.5. The van der Waals surface area contributed by atoms with E-state index in [0.717, 1.165) is 0 Å². The predicted molar refractivity (Wildman–Crippen MR) is 60.0 cm³/mol. The quantitative estimate of drug-likeness (QED) is 0.702. The molecule has 0 aliphatic carbocycles. The number of nitrogens with one attached hydrogen (secondary N) is 1. The molecular weight excluding hydrogens is 226 g/mol. The normalized spacial score (nSPS) is 12.5. The van der Waals surface area contributed by atoms with Gasteiger partial charge in [-0.05, 0) is 20.8 Å². The van der Waals surface area contributed by atoms with Crippen LogP contribution in [-0.4, -0.2) is 38.1 Å². The van der Waals surface area contributed by atoms with Gasteiger partial charge in [0.1, 0.15) is 6.04 Å². The van der Waals surface area contributed by atoms with Crippen LogP contribution in [0.1, 0.15) is 27.2 Å². The fraction of sp³-hybridized carbons (Fsp3) is 0.727. The predicted octanol–water partition coefficient (Wildman–Crippen LogP) is 0.253. The molecule has 1 amide bonds. The van der Waals surface area contributed by atoms with Gasteiger partial charge in [-0.25, -0.2) is 4.79 Å². The van der Waals surface area contributed by atoms with Gasteiger partial charge in [-0.1, -0.05) is 0 Å². The lowest BCUT2D eigenvalue weighted by Crippen LogP contribution is -2.42. The highest BCUT2D eigenvalue weighted by Crippen LogP contribution is 2.21. The van der Waals surface area contributed by atoms with Crippen molar-refractivity contribution in [3.05, 3.63) is 0 Å². The van der Waals surface area contributed by atoms with E-state index in [1.54, 1.807) is 13.8 Å². The van der Waals surface area contributed by atoms with Crippen molar-refractivity contribution >= 4 is 17.8 Å². The van der Waals surface area contributed by atoms with Crippen molar-refractivity contribution in [3.8, 4) is 0 Å². The van der Waals surface area contributed by atoms with E-state index in [2.05, 4.69) is 14.8 Å². The molecule has 0 aromatic heterocycles. The minimum atomic E-state index is -0.922. The fourth-order valence-corrected chi connectivity index (χ4v) is 1.28. The number of carbonyl (C=O) groups excluding carboxylic acids is 3. The molecule has 0 bridgehead atoms. The minimum Gasteiger partial charge on any atom is -0.469 e. The molecule has 1 N–H and O–H groups in total. The van der Waals surface area contributed by atoms with Gasteiger partial charge in [0.05, 0.1) is 19.6 Å². The number of rotatable bonds is 5. The molecule has 0 spiro atoms. The van der Waals surface area contributed by atoms with E-state index in [1.165, 1.54) is 21.1 Å². The Morgan fingerprint density at radius 1 is 1.18 bits per heavy atom. The first-order valence-corrected chi connectivity index (χ1v) is 5.20. The maximum atomic E-state index is 11.6. The lowest BCUT2D eigenvalue weighted by molar-refractivity contribution is -0.153. The van der Waals surface area contributed by atoms with Crippen LogP contribution in [0.25, 0.3) is 0 Å². The molecule has 0 aliphatic rings. The van der Waals surface area contributed by atoms with Gasteiger partial charge in [-0.15, -0.1) is 0 Å². The van der Waals surface area contributed by atoms with E-state index in [4.69, 9.17) is 0 Å². The van der Waals surface area contributed by atoms with Gasteiger partial charge in [0.2, 0.25) is 5.91 Å². The Morgan fingerprint density at radius 3 is 2.12 bits per heavy atom. The summed E-state index contributed by atoms with van der Waals surface area (Å²) in [6.07, 6.45) is -0.0546. The summed E-state index contributed by atoms with van der Waals surface area (Å²) in [5.74, 6) is -1.41. The summed E-state index contributed by atoms with van der Waals surface area (Å²) in [4.78, 5) is 34.0. The number of hydrogen-bond donors (Lipinski definition) is 1. The van der Waals surface area contributed by atoms with Crippen LogP contribution in [0.5, 0.6) is 0 Å². The Kier molecular flexibility index (Phi) is 5.64. The van der Waals surface area contributed by atoms with Crippen molar-refractivity contribution in [2.45, 2.75) is 33.2 Å². The minimum absolute atomic E-state index is 0.0546. The van der Waals surface area contributed by atoms with Gasteiger partial charge < -0.3 is 14.8 Å². The number of amides is 1. The average Bonchev–Trinajstić information content (AvgIpc) is 2.25. The third-order valence-electron chi connectivity index (χ3n) is 2.27. The Labute approximate surface area is 101 Å². The summed E-state index contributed by atoms with van der Waals surface area (Å²) in [6, 6.07) is -0.735. The number of carbonyl (C=O) groups is 3. The number of esters is 2. The first-order chi connectivity index (χ1) is 7.74. The number of hydrogen-bond acceptors (Lipinski definition) is 5. The Bertz CT molecular complexity index is 311. The van der Waals surface area contributed by atoms with E-state index in [-0.39, 0.29) is 6.42 Å². The van der Waals surface area contributed by atoms with Crippen LogP contribution in [-0.2, 0) is 23.9 Å². The maximum absolute atomic E-state index is 11.6. The average molecular weight is 245 g/mol. The largest absolute Gasteiger partial charge is 0.469 e. The second kappa shape index (κ2) is 6.22. The standard InChI is InChI=1S/C11H19NO5/c1-7(9(14)16-4)12-8(13)6-11(2,3)10(15)17-5/h7H,6H2,1-5H3,(H,12,13)/t7-/m1/s1. The molecule has 0 saturated heterocycles. The van der Waals surface area contributed by atoms with E-state index in [1.807, 2.05) is 0 Å². The van der Waals surface area contributed by atoms with Crippen LogP contribution >= 0.6 is 0 Å². The number of ether oxygens (including phenoxy) is 2. The highest BCUT2D eigenvalue weighted by Gasteiger charge is 2.32. The molecule has 0 rings (SSSR count). The third kappa shape index (κ3) is 4.84. The molecular formula is C11H19NO5. The Hall–Kier alpha value is -1.59. The molecule has 0 fully saturated rings. The smallest absolute Gasteiger partial charge is 0.328 e. The zero-order chi connectivity index (χ0) is 13.6. The van der Waals surface area contributed by atoms with Crippen LogP contribution in [0.15, 0.2) is 0 Å². The van der Waals surface area contributed by atoms with Crippen molar-refractivity contribution in [2.75, 3.05) is 14.2 Å². The third-order valence-corrected chi connectivity index (χ3v) is 2.27. The molecule has 6 heteroatoms. The Balaban J connectivity index is 4.37. The van der Waals surface area contributed by atoms with Crippen molar-refractivity contribution in [1.82, 2.24) is 5.32 Å². The molecule has 0 heterocycles. The summed E-state index contributed by atoms with van der Waals surface area (Å²) < 4.78 is 9.05. The zero-order valence-electron chi connectivity index (χ0n) is 10.8. The van der Waals surface area contributed by atoms with Crippen molar-refractivity contribution in [3.63, 3.8) is 0 Å². The van der Waals surface area contributed by atoms with E-state index in [9.17, 15) is 14.4 Å². The Morgan fingerprint density at radius 2 is 1.71 bits per heavy atom. The second-order valence-corrected chi connectivity index (χ2v) is 4.36. The van der Waals surface area contributed by atoms with Crippen LogP contribution in [0.2, 0.25) is 0 Å². The van der Waals surface area contributed by atoms with Crippen LogP contribution < -0.4 is 5.32 Å². The van der Waals surface area contributed by atoms with Crippen molar-refractivity contribution in [1.29, 1.82) is 0 Å². The topological polar surface area (TPSA) is 81.7 Å². The molecule has 17 heavy (non-hydrogen) atoms. The summed E-state index contributed by atoms with van der Waals surface area (Å²) in [6.45, 7) is 4.71. The molecule has 1 atom stereocenters. The second-order valence-electron chi connectivity index (χ2n) is 4.36. The van der Waals surface area contributed by atoms with Crippen LogP contribution in [0.3, 0.4) is 0 Å². The van der Waals surface area contributed by atoms with E-state index in [0.29, 0.717) is 0 Å². The monoisotopic (exact) mass is 245 g/mol. The van der Waals surface area contributed by atoms with E-state index < -0.39 is 29.3 Å². The van der Waals surface area contributed by atoms with Gasteiger partial charge in [0, 0.05) is 6.42 Å². The maximum Gasteiger partial charge on any atom is 0.328 e. The first-order valence-electron chi connectivity index (χ1n) is 5.20. The lowest BCUT2D eigenvalue weighted by Gasteiger charge is -2.21. The SMILES string of the molecule is COC(=O)[C@@H](C)NC(=O)CC(C)(C)C(=O)OC. The first kappa shape index (κ1) is 15.4. The van der Waals surface area contributed by atoms with Crippen molar-refractivity contribution < 1.29 is 23.9 Å². The van der Waals surface area contributed by atoms with Gasteiger partial charge >= 0.3 is 11.9 Å². The summed E-state index contributed by atoms with van der Waals surface area (Å²) in [5.41, 5.74) is -0.922. The van der Waals surface area contributed by atoms with Gasteiger partial charge in [-0.3, -0.25) is 9.59 Å². The molecule has 6 nitrogen and oxygen atoms in total. The number of methoxy groups -OCH3 is 2. The summed E-state index contributed by atoms with van der Waals surface area (Å²) >= 11 is 0. The molecule has 98 valence electrons.